The van der Waals surface area contributed by atoms with Crippen molar-refractivity contribution in [2.75, 3.05) is 20.1 Å². The van der Waals surface area contributed by atoms with Crippen molar-refractivity contribution < 1.29 is 4.79 Å². The highest BCUT2D eigenvalue weighted by atomic mass is 16.2. The molecule has 4 nitrogen and oxygen atoms in total. The summed E-state index contributed by atoms with van der Waals surface area (Å²) in [5.41, 5.74) is 1.83. The van der Waals surface area contributed by atoms with E-state index in [2.05, 4.69) is 10.3 Å². The molecule has 1 fully saturated rings. The van der Waals surface area contributed by atoms with Crippen LogP contribution in [0.2, 0.25) is 0 Å². The number of H-pyrrole nitrogens is 1. The van der Waals surface area contributed by atoms with Gasteiger partial charge in [-0.3, -0.25) is 4.79 Å². The van der Waals surface area contributed by atoms with Gasteiger partial charge < -0.3 is 15.2 Å². The van der Waals surface area contributed by atoms with Crippen LogP contribution in [0.25, 0.3) is 10.9 Å². The number of aromatic amines is 1. The number of hydrogen-bond acceptors (Lipinski definition) is 2. The molecular formula is C16H21N3O. The number of hydrogen-bond donors (Lipinski definition) is 2. The van der Waals surface area contributed by atoms with Gasteiger partial charge in [-0.15, -0.1) is 0 Å². The van der Waals surface area contributed by atoms with Crippen LogP contribution in [-0.4, -0.2) is 42.0 Å². The van der Waals surface area contributed by atoms with Crippen molar-refractivity contribution in [3.8, 4) is 0 Å². The minimum atomic E-state index is 0.0977. The molecule has 106 valence electrons. The molecule has 1 aromatic carbocycles. The molecule has 3 rings (SSSR count). The molecule has 1 amide bonds. The summed E-state index contributed by atoms with van der Waals surface area (Å²) >= 11 is 0. The van der Waals surface area contributed by atoms with Crippen LogP contribution in [0.5, 0.6) is 0 Å². The van der Waals surface area contributed by atoms with E-state index in [1.807, 2.05) is 42.4 Å². The van der Waals surface area contributed by atoms with E-state index in [1.54, 1.807) is 0 Å². The van der Waals surface area contributed by atoms with E-state index in [4.69, 9.17) is 0 Å². The Balaban J connectivity index is 1.70. The molecule has 0 bridgehead atoms. The summed E-state index contributed by atoms with van der Waals surface area (Å²) in [5, 5.41) is 4.57. The van der Waals surface area contributed by atoms with Gasteiger partial charge in [-0.05, 0) is 43.7 Å². The molecule has 20 heavy (non-hydrogen) atoms. The molecule has 1 atom stereocenters. The summed E-state index contributed by atoms with van der Waals surface area (Å²) in [6, 6.07) is 8.25. The van der Waals surface area contributed by atoms with Gasteiger partial charge >= 0.3 is 0 Å². The van der Waals surface area contributed by atoms with Gasteiger partial charge in [-0.1, -0.05) is 6.42 Å². The molecule has 0 spiro atoms. The topological polar surface area (TPSA) is 48.1 Å². The van der Waals surface area contributed by atoms with Gasteiger partial charge in [-0.25, -0.2) is 0 Å². The standard InChI is InChI=1S/C16H21N3O/c1-19(11-14-4-2-3-8-17-14)16(20)13-5-6-15-12(10-13)7-9-18-15/h5-7,9-10,14,17-18H,2-4,8,11H2,1H3. The largest absolute Gasteiger partial charge is 0.361 e. The number of carbonyl (C=O) groups excluding carboxylic acids is 1. The van der Waals surface area contributed by atoms with Crippen LogP contribution < -0.4 is 5.32 Å². The van der Waals surface area contributed by atoms with Gasteiger partial charge in [0.15, 0.2) is 0 Å². The highest BCUT2D eigenvalue weighted by Crippen LogP contribution is 2.16. The summed E-state index contributed by atoms with van der Waals surface area (Å²) in [6.45, 7) is 1.85. The second kappa shape index (κ2) is 5.67. The minimum Gasteiger partial charge on any atom is -0.361 e. The maximum Gasteiger partial charge on any atom is 0.253 e. The van der Waals surface area contributed by atoms with Crippen LogP contribution in [0.1, 0.15) is 29.6 Å². The van der Waals surface area contributed by atoms with E-state index in [0.29, 0.717) is 6.04 Å². The lowest BCUT2D eigenvalue weighted by atomic mass is 10.0. The predicted molar refractivity (Wildman–Crippen MR) is 80.9 cm³/mol. The summed E-state index contributed by atoms with van der Waals surface area (Å²) in [6.07, 6.45) is 5.57. The van der Waals surface area contributed by atoms with Crippen molar-refractivity contribution in [3.63, 3.8) is 0 Å². The molecule has 0 aliphatic carbocycles. The third-order valence-corrected chi connectivity index (χ3v) is 4.05. The lowest BCUT2D eigenvalue weighted by molar-refractivity contribution is 0.0775. The highest BCUT2D eigenvalue weighted by Gasteiger charge is 2.18. The number of aromatic nitrogens is 1. The summed E-state index contributed by atoms with van der Waals surface area (Å²) < 4.78 is 0. The minimum absolute atomic E-state index is 0.0977. The highest BCUT2D eigenvalue weighted by molar-refractivity contribution is 5.97. The number of amides is 1. The molecule has 1 saturated heterocycles. The zero-order chi connectivity index (χ0) is 13.9. The Morgan fingerprint density at radius 3 is 3.05 bits per heavy atom. The summed E-state index contributed by atoms with van der Waals surface area (Å²) in [4.78, 5) is 17.4. The van der Waals surface area contributed by atoms with E-state index < -0.39 is 0 Å². The van der Waals surface area contributed by atoms with Crippen LogP contribution in [0.4, 0.5) is 0 Å². The molecule has 2 N–H and O–H groups in total. The Labute approximate surface area is 119 Å². The van der Waals surface area contributed by atoms with Gasteiger partial charge in [0.25, 0.3) is 5.91 Å². The molecule has 2 aromatic rings. The first-order valence-electron chi connectivity index (χ1n) is 7.30. The number of nitrogens with one attached hydrogen (secondary N) is 2. The fourth-order valence-corrected chi connectivity index (χ4v) is 2.90. The van der Waals surface area contributed by atoms with Crippen molar-refractivity contribution in [1.82, 2.24) is 15.2 Å². The fraction of sp³-hybridized carbons (Fsp3) is 0.438. The van der Waals surface area contributed by atoms with Crippen molar-refractivity contribution >= 4 is 16.8 Å². The Hall–Kier alpha value is -1.81. The van der Waals surface area contributed by atoms with Crippen molar-refractivity contribution in [3.05, 3.63) is 36.0 Å². The average molecular weight is 271 g/mol. The van der Waals surface area contributed by atoms with E-state index in [-0.39, 0.29) is 5.91 Å². The van der Waals surface area contributed by atoms with Crippen LogP contribution in [0.15, 0.2) is 30.5 Å². The SMILES string of the molecule is CN(CC1CCCCN1)C(=O)c1ccc2[nH]ccc2c1. The van der Waals surface area contributed by atoms with Crippen molar-refractivity contribution in [2.45, 2.75) is 25.3 Å². The molecule has 1 unspecified atom stereocenters. The fourth-order valence-electron chi connectivity index (χ4n) is 2.90. The van der Waals surface area contributed by atoms with Crippen LogP contribution in [-0.2, 0) is 0 Å². The van der Waals surface area contributed by atoms with E-state index in [9.17, 15) is 4.79 Å². The van der Waals surface area contributed by atoms with Gasteiger partial charge in [0, 0.05) is 42.3 Å². The molecule has 0 saturated carbocycles. The van der Waals surface area contributed by atoms with Crippen LogP contribution in [0.3, 0.4) is 0 Å². The van der Waals surface area contributed by atoms with E-state index >= 15 is 0 Å². The Morgan fingerprint density at radius 1 is 1.35 bits per heavy atom. The number of piperidine rings is 1. The first-order valence-corrected chi connectivity index (χ1v) is 7.30. The Kier molecular flexibility index (Phi) is 3.74. The number of benzene rings is 1. The second-order valence-electron chi connectivity index (χ2n) is 5.61. The normalized spacial score (nSPS) is 19.1. The number of nitrogens with zero attached hydrogens (tertiary/aromatic N) is 1. The molecule has 1 aromatic heterocycles. The maximum atomic E-state index is 12.5. The first-order chi connectivity index (χ1) is 9.74. The van der Waals surface area contributed by atoms with Gasteiger partial charge in [0.05, 0.1) is 0 Å². The lowest BCUT2D eigenvalue weighted by Crippen LogP contribution is -2.44. The second-order valence-corrected chi connectivity index (χ2v) is 5.61. The molecular weight excluding hydrogens is 250 g/mol. The number of likely N-dealkylation sites (N-methyl/N-ethyl adjacent to an activating group) is 1. The third kappa shape index (κ3) is 2.70. The smallest absolute Gasteiger partial charge is 0.253 e. The molecule has 1 aliphatic heterocycles. The van der Waals surface area contributed by atoms with Gasteiger partial charge in [-0.2, -0.15) is 0 Å². The molecule has 4 heteroatoms. The zero-order valence-corrected chi connectivity index (χ0v) is 11.9. The number of rotatable bonds is 3. The summed E-state index contributed by atoms with van der Waals surface area (Å²) in [7, 11) is 1.89. The number of carbonyl (C=O) groups is 1. The van der Waals surface area contributed by atoms with E-state index in [1.165, 1.54) is 12.8 Å². The predicted octanol–water partition coefficient (Wildman–Crippen LogP) is 2.38. The Morgan fingerprint density at radius 2 is 2.25 bits per heavy atom. The maximum absolute atomic E-state index is 12.5. The quantitative estimate of drug-likeness (QED) is 0.900. The zero-order valence-electron chi connectivity index (χ0n) is 11.9. The van der Waals surface area contributed by atoms with Crippen LogP contribution in [0, 0.1) is 0 Å². The first kappa shape index (κ1) is 13.2. The summed E-state index contributed by atoms with van der Waals surface area (Å²) in [5.74, 6) is 0.0977. The molecule has 0 radical (unpaired) electrons. The number of fused-ring (bicyclic) bond motifs is 1. The lowest BCUT2D eigenvalue weighted by Gasteiger charge is -2.28. The van der Waals surface area contributed by atoms with Crippen molar-refractivity contribution in [1.29, 1.82) is 0 Å². The Bertz CT molecular complexity index is 599. The average Bonchev–Trinajstić information content (AvgIpc) is 2.94. The van der Waals surface area contributed by atoms with Gasteiger partial charge in [0.2, 0.25) is 0 Å². The molecule has 2 heterocycles. The van der Waals surface area contributed by atoms with Crippen LogP contribution >= 0.6 is 0 Å². The van der Waals surface area contributed by atoms with Crippen molar-refractivity contribution in [2.24, 2.45) is 0 Å². The molecule has 1 aliphatic rings. The monoisotopic (exact) mass is 271 g/mol. The van der Waals surface area contributed by atoms with Gasteiger partial charge in [0.1, 0.15) is 0 Å². The third-order valence-electron chi connectivity index (χ3n) is 4.05. The van der Waals surface area contributed by atoms with E-state index in [0.717, 1.165) is 36.0 Å².